The maximum Gasteiger partial charge on any atom is 0.277 e. The van der Waals surface area contributed by atoms with Crippen LogP contribution in [0.2, 0.25) is 0 Å². The first-order valence-corrected chi connectivity index (χ1v) is 11.0. The number of nitrogens with zero attached hydrogens (tertiary/aromatic N) is 2. The van der Waals surface area contributed by atoms with Crippen LogP contribution in [-0.4, -0.2) is 38.9 Å². The van der Waals surface area contributed by atoms with Crippen LogP contribution >= 0.6 is 31.9 Å². The van der Waals surface area contributed by atoms with E-state index in [1.54, 1.807) is 19.4 Å². The summed E-state index contributed by atoms with van der Waals surface area (Å²) in [6.07, 6.45) is 5.31. The molecule has 2 aromatic carbocycles. The molecule has 0 radical (unpaired) electrons. The first-order valence-electron chi connectivity index (χ1n) is 9.39. The summed E-state index contributed by atoms with van der Waals surface area (Å²) in [6.45, 7) is 2.00. The Morgan fingerprint density at radius 3 is 2.66 bits per heavy atom. The zero-order chi connectivity index (χ0) is 20.6. The van der Waals surface area contributed by atoms with Crippen LogP contribution in [0.4, 0.5) is 5.69 Å². The van der Waals surface area contributed by atoms with E-state index in [0.717, 1.165) is 39.0 Å². The zero-order valence-corrected chi connectivity index (χ0v) is 19.3. The number of amides is 1. The molecule has 1 N–H and O–H groups in total. The number of nitrogens with one attached hydrogen (secondary N) is 1. The molecule has 1 heterocycles. The summed E-state index contributed by atoms with van der Waals surface area (Å²) in [5.74, 6) is 0.961. The van der Waals surface area contributed by atoms with Gasteiger partial charge in [-0.2, -0.15) is 5.10 Å². The van der Waals surface area contributed by atoms with Crippen LogP contribution in [0, 0.1) is 0 Å². The minimum absolute atomic E-state index is 0.136. The number of methoxy groups -OCH3 is 1. The molecule has 1 fully saturated rings. The lowest BCUT2D eigenvalue weighted by Crippen LogP contribution is -2.29. The van der Waals surface area contributed by atoms with Gasteiger partial charge in [-0.05, 0) is 65.5 Å². The van der Waals surface area contributed by atoms with Crippen LogP contribution in [0.5, 0.6) is 11.5 Å². The summed E-state index contributed by atoms with van der Waals surface area (Å²) in [4.78, 5) is 14.4. The Labute approximate surface area is 187 Å². The average molecular weight is 525 g/mol. The standard InChI is InChI=1S/C21H23Br2N3O3/c1-28-20-12-17(26-9-3-2-4-10-26)7-5-15(20)13-24-25-21(27)14-29-19-8-6-16(22)11-18(19)23/h5-8,11-13H,2-4,9-10,14H2,1H3,(H,25,27)/b24-13+. The van der Waals surface area contributed by atoms with E-state index in [-0.39, 0.29) is 12.5 Å². The second-order valence-corrected chi connectivity index (χ2v) is 8.40. The largest absolute Gasteiger partial charge is 0.496 e. The number of ether oxygens (including phenoxy) is 2. The number of piperidine rings is 1. The number of carbonyl (C=O) groups is 1. The van der Waals surface area contributed by atoms with Gasteiger partial charge in [-0.15, -0.1) is 0 Å². The van der Waals surface area contributed by atoms with E-state index >= 15 is 0 Å². The smallest absolute Gasteiger partial charge is 0.277 e. The van der Waals surface area contributed by atoms with Crippen molar-refractivity contribution in [2.45, 2.75) is 19.3 Å². The number of anilines is 1. The normalized spacial score (nSPS) is 14.1. The highest BCUT2D eigenvalue weighted by atomic mass is 79.9. The highest BCUT2D eigenvalue weighted by Crippen LogP contribution is 2.28. The van der Waals surface area contributed by atoms with E-state index in [2.05, 4.69) is 53.4 Å². The summed E-state index contributed by atoms with van der Waals surface area (Å²) in [5.41, 5.74) is 4.42. The van der Waals surface area contributed by atoms with Crippen LogP contribution < -0.4 is 19.8 Å². The van der Waals surface area contributed by atoms with E-state index in [4.69, 9.17) is 9.47 Å². The van der Waals surface area contributed by atoms with Gasteiger partial charge < -0.3 is 14.4 Å². The lowest BCUT2D eigenvalue weighted by Gasteiger charge is -2.29. The second-order valence-electron chi connectivity index (χ2n) is 6.63. The Balaban J connectivity index is 1.55. The predicted octanol–water partition coefficient (Wildman–Crippen LogP) is 4.74. The molecule has 0 unspecified atom stereocenters. The highest BCUT2D eigenvalue weighted by molar-refractivity contribution is 9.11. The number of halogens is 2. The van der Waals surface area contributed by atoms with Crippen LogP contribution in [0.1, 0.15) is 24.8 Å². The van der Waals surface area contributed by atoms with Crippen molar-refractivity contribution in [2.75, 3.05) is 31.7 Å². The SMILES string of the molecule is COc1cc(N2CCCCC2)ccc1/C=N/NC(=O)COc1ccc(Br)cc1Br. The summed E-state index contributed by atoms with van der Waals surface area (Å²) in [6, 6.07) is 11.5. The molecule has 2 aromatic rings. The summed E-state index contributed by atoms with van der Waals surface area (Å²) >= 11 is 6.77. The second kappa shape index (κ2) is 10.6. The third-order valence-electron chi connectivity index (χ3n) is 4.58. The Bertz CT molecular complexity index is 883. The van der Waals surface area contributed by atoms with Crippen LogP contribution in [0.3, 0.4) is 0 Å². The molecule has 0 bridgehead atoms. The number of hydrogen-bond donors (Lipinski definition) is 1. The molecule has 0 spiro atoms. The molecule has 29 heavy (non-hydrogen) atoms. The quantitative estimate of drug-likeness (QED) is 0.419. The molecule has 3 rings (SSSR count). The lowest BCUT2D eigenvalue weighted by atomic mass is 10.1. The van der Waals surface area contributed by atoms with Gasteiger partial charge in [0.1, 0.15) is 11.5 Å². The van der Waals surface area contributed by atoms with Gasteiger partial charge in [-0.3, -0.25) is 4.79 Å². The van der Waals surface area contributed by atoms with Crippen molar-refractivity contribution in [1.82, 2.24) is 5.43 Å². The topological polar surface area (TPSA) is 63.2 Å². The fourth-order valence-electron chi connectivity index (χ4n) is 3.10. The van der Waals surface area contributed by atoms with Crippen molar-refractivity contribution in [3.8, 4) is 11.5 Å². The molecule has 8 heteroatoms. The Hall–Kier alpha value is -2.06. The molecule has 1 aliphatic rings. The van der Waals surface area contributed by atoms with E-state index in [1.165, 1.54) is 19.3 Å². The molecule has 154 valence electrons. The van der Waals surface area contributed by atoms with Crippen LogP contribution in [0.15, 0.2) is 50.4 Å². The van der Waals surface area contributed by atoms with Crippen molar-refractivity contribution in [3.05, 3.63) is 50.9 Å². The number of rotatable bonds is 7. The highest BCUT2D eigenvalue weighted by Gasteiger charge is 2.13. The van der Waals surface area contributed by atoms with Gasteiger partial charge in [0.25, 0.3) is 5.91 Å². The summed E-state index contributed by atoms with van der Waals surface area (Å²) < 4.78 is 12.7. The minimum atomic E-state index is -0.347. The molecular formula is C21H23Br2N3O3. The molecule has 1 aliphatic heterocycles. The van der Waals surface area contributed by atoms with Crippen molar-refractivity contribution < 1.29 is 14.3 Å². The Morgan fingerprint density at radius 2 is 1.93 bits per heavy atom. The third-order valence-corrected chi connectivity index (χ3v) is 5.70. The first kappa shape index (κ1) is 21.6. The predicted molar refractivity (Wildman–Crippen MR) is 122 cm³/mol. The zero-order valence-electron chi connectivity index (χ0n) is 16.2. The molecular weight excluding hydrogens is 502 g/mol. The maximum atomic E-state index is 12.0. The van der Waals surface area contributed by atoms with Crippen molar-refractivity contribution in [1.29, 1.82) is 0 Å². The van der Waals surface area contributed by atoms with Crippen LogP contribution in [-0.2, 0) is 4.79 Å². The number of benzene rings is 2. The van der Waals surface area contributed by atoms with Crippen molar-refractivity contribution in [3.63, 3.8) is 0 Å². The summed E-state index contributed by atoms with van der Waals surface area (Å²) in [7, 11) is 1.63. The van der Waals surface area contributed by atoms with E-state index < -0.39 is 0 Å². The van der Waals surface area contributed by atoms with Gasteiger partial charge in [0.15, 0.2) is 6.61 Å². The van der Waals surface area contributed by atoms with E-state index in [9.17, 15) is 4.79 Å². The minimum Gasteiger partial charge on any atom is -0.496 e. The van der Waals surface area contributed by atoms with E-state index in [1.807, 2.05) is 24.3 Å². The van der Waals surface area contributed by atoms with Crippen molar-refractivity contribution >= 4 is 49.7 Å². The molecule has 0 saturated carbocycles. The Morgan fingerprint density at radius 1 is 1.14 bits per heavy atom. The number of hydrogen-bond acceptors (Lipinski definition) is 5. The van der Waals surface area contributed by atoms with Gasteiger partial charge >= 0.3 is 0 Å². The first-order chi connectivity index (χ1) is 14.1. The fourth-order valence-corrected chi connectivity index (χ4v) is 4.26. The molecule has 1 amide bonds. The number of hydrazone groups is 1. The molecule has 0 aliphatic carbocycles. The fraction of sp³-hybridized carbons (Fsp3) is 0.333. The lowest BCUT2D eigenvalue weighted by molar-refractivity contribution is -0.123. The maximum absolute atomic E-state index is 12.0. The van der Waals surface area contributed by atoms with Gasteiger partial charge in [0, 0.05) is 34.9 Å². The van der Waals surface area contributed by atoms with Gasteiger partial charge in [0.05, 0.1) is 17.8 Å². The summed E-state index contributed by atoms with van der Waals surface area (Å²) in [5, 5.41) is 4.02. The van der Waals surface area contributed by atoms with E-state index in [0.29, 0.717) is 5.75 Å². The molecule has 6 nitrogen and oxygen atoms in total. The van der Waals surface area contributed by atoms with Gasteiger partial charge in [-0.25, -0.2) is 5.43 Å². The van der Waals surface area contributed by atoms with Gasteiger partial charge in [-0.1, -0.05) is 15.9 Å². The van der Waals surface area contributed by atoms with Gasteiger partial charge in [0.2, 0.25) is 0 Å². The monoisotopic (exact) mass is 523 g/mol. The Kier molecular flexibility index (Phi) is 7.94. The van der Waals surface area contributed by atoms with Crippen LogP contribution in [0.25, 0.3) is 0 Å². The molecule has 0 atom stereocenters. The average Bonchev–Trinajstić information content (AvgIpc) is 2.74. The molecule has 1 saturated heterocycles. The van der Waals surface area contributed by atoms with Crippen molar-refractivity contribution in [2.24, 2.45) is 5.10 Å². The molecule has 0 aromatic heterocycles. The number of carbonyl (C=O) groups excluding carboxylic acids is 1. The third kappa shape index (κ3) is 6.21.